The molecule has 1 saturated heterocycles. The Hall–Kier alpha value is -0.570. The molecule has 1 aliphatic carbocycles. The lowest BCUT2D eigenvalue weighted by molar-refractivity contribution is -0.139. The van der Waals surface area contributed by atoms with Crippen LogP contribution in [0.2, 0.25) is 0 Å². The van der Waals surface area contributed by atoms with Crippen molar-refractivity contribution in [3.63, 3.8) is 0 Å². The smallest absolute Gasteiger partial charge is 0.229 e. The zero-order valence-electron chi connectivity index (χ0n) is 8.47. The molecule has 2 aliphatic rings. The number of fused-ring (bicyclic) bond motifs is 1. The molecule has 0 radical (unpaired) electrons. The van der Waals surface area contributed by atoms with Gasteiger partial charge in [0.25, 0.3) is 0 Å². The lowest BCUT2D eigenvalue weighted by atomic mass is 9.79. The van der Waals surface area contributed by atoms with Gasteiger partial charge >= 0.3 is 0 Å². The second-order valence-electron chi connectivity index (χ2n) is 4.58. The molecule has 0 unspecified atom stereocenters. The van der Waals surface area contributed by atoms with Crippen molar-refractivity contribution in [2.45, 2.75) is 19.3 Å². The van der Waals surface area contributed by atoms with E-state index in [1.807, 2.05) is 14.1 Å². The molecular formula is C10H18N2O. The van der Waals surface area contributed by atoms with Crippen molar-refractivity contribution in [1.29, 1.82) is 0 Å². The second kappa shape index (κ2) is 2.98. The Bertz CT molecular complexity index is 215. The molecule has 3 nitrogen and oxygen atoms in total. The van der Waals surface area contributed by atoms with E-state index in [2.05, 4.69) is 5.32 Å². The van der Waals surface area contributed by atoms with Gasteiger partial charge in [0.1, 0.15) is 0 Å². The van der Waals surface area contributed by atoms with E-state index in [9.17, 15) is 4.79 Å². The number of hydrogen-bond acceptors (Lipinski definition) is 2. The van der Waals surface area contributed by atoms with Gasteiger partial charge in [-0.15, -0.1) is 0 Å². The topological polar surface area (TPSA) is 32.3 Å². The van der Waals surface area contributed by atoms with Crippen molar-refractivity contribution in [1.82, 2.24) is 10.2 Å². The molecule has 1 saturated carbocycles. The summed E-state index contributed by atoms with van der Waals surface area (Å²) in [5.74, 6) is 0.933. The summed E-state index contributed by atoms with van der Waals surface area (Å²) in [5.41, 5.74) is -0.0382. The number of carbonyl (C=O) groups is 1. The van der Waals surface area contributed by atoms with Crippen molar-refractivity contribution in [2.75, 3.05) is 27.2 Å². The van der Waals surface area contributed by atoms with E-state index in [0.717, 1.165) is 19.5 Å². The highest BCUT2D eigenvalue weighted by Crippen LogP contribution is 2.46. The largest absolute Gasteiger partial charge is 0.348 e. The summed E-state index contributed by atoms with van der Waals surface area (Å²) >= 11 is 0. The first kappa shape index (κ1) is 9.00. The molecule has 1 amide bonds. The van der Waals surface area contributed by atoms with Gasteiger partial charge < -0.3 is 10.2 Å². The molecular weight excluding hydrogens is 164 g/mol. The molecule has 1 aliphatic heterocycles. The maximum Gasteiger partial charge on any atom is 0.229 e. The summed E-state index contributed by atoms with van der Waals surface area (Å²) in [4.78, 5) is 13.8. The van der Waals surface area contributed by atoms with E-state index in [4.69, 9.17) is 0 Å². The van der Waals surface area contributed by atoms with Gasteiger partial charge in [0, 0.05) is 20.6 Å². The molecule has 13 heavy (non-hydrogen) atoms. The lowest BCUT2D eigenvalue weighted by Crippen LogP contribution is -2.43. The zero-order valence-corrected chi connectivity index (χ0v) is 8.47. The maximum atomic E-state index is 12.0. The molecule has 2 fully saturated rings. The fraction of sp³-hybridized carbons (Fsp3) is 0.900. The Morgan fingerprint density at radius 2 is 2.31 bits per heavy atom. The van der Waals surface area contributed by atoms with Crippen LogP contribution in [0.1, 0.15) is 19.3 Å². The first-order valence-electron chi connectivity index (χ1n) is 5.09. The predicted octanol–water partition coefficient (Wildman–Crippen LogP) is 0.464. The maximum absolute atomic E-state index is 12.0. The van der Waals surface area contributed by atoms with Crippen LogP contribution < -0.4 is 5.32 Å². The van der Waals surface area contributed by atoms with E-state index in [0.29, 0.717) is 11.8 Å². The van der Waals surface area contributed by atoms with Gasteiger partial charge in [0.05, 0.1) is 5.41 Å². The van der Waals surface area contributed by atoms with Crippen LogP contribution in [-0.4, -0.2) is 38.0 Å². The minimum Gasteiger partial charge on any atom is -0.348 e. The van der Waals surface area contributed by atoms with Crippen molar-refractivity contribution in [3.05, 3.63) is 0 Å². The van der Waals surface area contributed by atoms with E-state index >= 15 is 0 Å². The van der Waals surface area contributed by atoms with Crippen molar-refractivity contribution >= 4 is 5.91 Å². The average molecular weight is 182 g/mol. The van der Waals surface area contributed by atoms with E-state index < -0.39 is 0 Å². The number of rotatable bonds is 1. The quantitative estimate of drug-likeness (QED) is 0.639. The Balaban J connectivity index is 2.22. The van der Waals surface area contributed by atoms with Gasteiger partial charge in [-0.05, 0) is 25.3 Å². The van der Waals surface area contributed by atoms with Crippen LogP contribution in [-0.2, 0) is 4.79 Å². The highest BCUT2D eigenvalue weighted by molar-refractivity contribution is 5.83. The highest BCUT2D eigenvalue weighted by Gasteiger charge is 2.52. The summed E-state index contributed by atoms with van der Waals surface area (Å²) in [7, 11) is 3.73. The molecule has 0 aromatic carbocycles. The third-order valence-electron chi connectivity index (χ3n) is 3.62. The number of nitrogens with one attached hydrogen (secondary N) is 1. The predicted molar refractivity (Wildman–Crippen MR) is 51.3 cm³/mol. The van der Waals surface area contributed by atoms with Crippen LogP contribution in [0, 0.1) is 11.3 Å². The van der Waals surface area contributed by atoms with Gasteiger partial charge in [0.15, 0.2) is 0 Å². The van der Waals surface area contributed by atoms with E-state index in [-0.39, 0.29) is 5.41 Å². The molecule has 3 heteroatoms. The Kier molecular flexibility index (Phi) is 2.06. The summed E-state index contributed by atoms with van der Waals surface area (Å²) in [6.07, 6.45) is 3.54. The van der Waals surface area contributed by atoms with Crippen LogP contribution in [0.5, 0.6) is 0 Å². The molecule has 0 spiro atoms. The fourth-order valence-corrected chi connectivity index (χ4v) is 2.95. The van der Waals surface area contributed by atoms with Crippen LogP contribution in [0.4, 0.5) is 0 Å². The molecule has 2 rings (SSSR count). The first-order chi connectivity index (χ1) is 6.17. The first-order valence-corrected chi connectivity index (χ1v) is 5.09. The standard InChI is InChI=1S/C10H18N2O/c1-12(2)9(13)10-5-3-4-8(10)6-11-7-10/h8,11H,3-7H2,1-2H3/t8-,10-/m1/s1. The summed E-state index contributed by atoms with van der Waals surface area (Å²) < 4.78 is 0. The summed E-state index contributed by atoms with van der Waals surface area (Å²) in [5, 5.41) is 3.35. The Labute approximate surface area is 79.5 Å². The lowest BCUT2D eigenvalue weighted by Gasteiger charge is -2.29. The number of hydrogen-bond donors (Lipinski definition) is 1. The molecule has 0 aromatic heterocycles. The average Bonchev–Trinajstić information content (AvgIpc) is 2.59. The molecule has 0 aromatic rings. The van der Waals surface area contributed by atoms with E-state index in [1.165, 1.54) is 12.8 Å². The Morgan fingerprint density at radius 3 is 3.00 bits per heavy atom. The van der Waals surface area contributed by atoms with Crippen LogP contribution in [0.15, 0.2) is 0 Å². The molecule has 1 N–H and O–H groups in total. The van der Waals surface area contributed by atoms with Gasteiger partial charge in [0.2, 0.25) is 5.91 Å². The normalized spacial score (nSPS) is 37.5. The van der Waals surface area contributed by atoms with Crippen LogP contribution in [0.25, 0.3) is 0 Å². The van der Waals surface area contributed by atoms with Crippen molar-refractivity contribution < 1.29 is 4.79 Å². The summed E-state index contributed by atoms with van der Waals surface area (Å²) in [6.45, 7) is 1.94. The third-order valence-corrected chi connectivity index (χ3v) is 3.62. The minimum atomic E-state index is -0.0382. The molecule has 0 bridgehead atoms. The minimum absolute atomic E-state index is 0.0382. The zero-order chi connectivity index (χ0) is 9.47. The van der Waals surface area contributed by atoms with Gasteiger partial charge in [-0.2, -0.15) is 0 Å². The SMILES string of the molecule is CN(C)C(=O)[C@@]12CCC[C@@H]1CNC2. The van der Waals surface area contributed by atoms with Crippen LogP contribution >= 0.6 is 0 Å². The van der Waals surface area contributed by atoms with Crippen LogP contribution in [0.3, 0.4) is 0 Å². The third kappa shape index (κ3) is 1.17. The van der Waals surface area contributed by atoms with Gasteiger partial charge in [-0.3, -0.25) is 4.79 Å². The van der Waals surface area contributed by atoms with Crippen molar-refractivity contribution in [3.8, 4) is 0 Å². The molecule has 1 heterocycles. The number of nitrogens with zero attached hydrogens (tertiary/aromatic N) is 1. The fourth-order valence-electron chi connectivity index (χ4n) is 2.95. The van der Waals surface area contributed by atoms with E-state index in [1.54, 1.807) is 4.90 Å². The van der Waals surface area contributed by atoms with Crippen molar-refractivity contribution in [2.24, 2.45) is 11.3 Å². The highest BCUT2D eigenvalue weighted by atomic mass is 16.2. The van der Waals surface area contributed by atoms with Gasteiger partial charge in [-0.1, -0.05) is 6.42 Å². The summed E-state index contributed by atoms with van der Waals surface area (Å²) in [6, 6.07) is 0. The number of carbonyl (C=O) groups excluding carboxylic acids is 1. The second-order valence-corrected chi connectivity index (χ2v) is 4.58. The number of amides is 1. The molecule has 2 atom stereocenters. The molecule has 74 valence electrons. The monoisotopic (exact) mass is 182 g/mol. The Morgan fingerprint density at radius 1 is 1.54 bits per heavy atom. The van der Waals surface area contributed by atoms with Gasteiger partial charge in [-0.25, -0.2) is 0 Å².